The van der Waals surface area contributed by atoms with Gasteiger partial charge in [0.25, 0.3) is 0 Å². The number of hydrogen-bond donors (Lipinski definition) is 1. The molecule has 3 aromatic rings. The van der Waals surface area contributed by atoms with Crippen LogP contribution in [0.1, 0.15) is 18.4 Å². The lowest BCUT2D eigenvalue weighted by Gasteiger charge is -2.23. The van der Waals surface area contributed by atoms with Gasteiger partial charge in [-0.1, -0.05) is 30.3 Å². The Morgan fingerprint density at radius 1 is 1.00 bits per heavy atom. The van der Waals surface area contributed by atoms with E-state index in [-0.39, 0.29) is 0 Å². The fraction of sp³-hybridized carbons (Fsp3) is 0.286. The molecule has 0 aliphatic carbocycles. The summed E-state index contributed by atoms with van der Waals surface area (Å²) in [5.74, 6) is 0.954. The first kappa shape index (κ1) is 15.2. The molecule has 1 aromatic heterocycles. The third kappa shape index (κ3) is 3.13. The molecule has 1 aliphatic rings. The minimum absolute atomic E-state index is 0.336. The maximum absolute atomic E-state index is 6.08. The van der Waals surface area contributed by atoms with Gasteiger partial charge in [-0.05, 0) is 62.2 Å². The number of nitrogens with one attached hydrogen (secondary N) is 1. The Morgan fingerprint density at radius 3 is 2.58 bits per heavy atom. The molecule has 3 nitrogen and oxygen atoms in total. The number of hydrogen-bond acceptors (Lipinski definition) is 3. The highest BCUT2D eigenvalue weighted by molar-refractivity contribution is 5.85. The van der Waals surface area contributed by atoms with Crippen LogP contribution in [0.25, 0.3) is 22.0 Å². The van der Waals surface area contributed by atoms with E-state index in [2.05, 4.69) is 65.8 Å². The van der Waals surface area contributed by atoms with Crippen LogP contribution in [0, 0.1) is 6.92 Å². The standard InChI is InChI=1S/C21H22N2O/c1-15-3-2-4-17-13-18(14-23-21(15)17)16-5-7-19(8-6-16)24-20-9-11-22-12-10-20/h2-8,13-14,20,22H,9-12H2,1H3. The minimum atomic E-state index is 0.336. The van der Waals surface area contributed by atoms with E-state index in [4.69, 9.17) is 4.74 Å². The third-order valence-corrected chi connectivity index (χ3v) is 4.69. The Kier molecular flexibility index (Phi) is 4.18. The van der Waals surface area contributed by atoms with E-state index >= 15 is 0 Å². The second-order valence-corrected chi connectivity index (χ2v) is 6.46. The molecule has 0 amide bonds. The Hall–Kier alpha value is -2.39. The number of benzene rings is 2. The van der Waals surface area contributed by atoms with E-state index in [9.17, 15) is 0 Å². The largest absolute Gasteiger partial charge is 0.490 e. The van der Waals surface area contributed by atoms with Gasteiger partial charge in [-0.2, -0.15) is 0 Å². The molecular weight excluding hydrogens is 296 g/mol. The summed E-state index contributed by atoms with van der Waals surface area (Å²) in [7, 11) is 0. The molecule has 1 saturated heterocycles. The lowest BCUT2D eigenvalue weighted by molar-refractivity contribution is 0.162. The third-order valence-electron chi connectivity index (χ3n) is 4.69. The van der Waals surface area contributed by atoms with Crippen molar-refractivity contribution in [3.8, 4) is 16.9 Å². The maximum atomic E-state index is 6.08. The smallest absolute Gasteiger partial charge is 0.119 e. The predicted octanol–water partition coefficient (Wildman–Crippen LogP) is 4.34. The number of fused-ring (bicyclic) bond motifs is 1. The van der Waals surface area contributed by atoms with Crippen molar-refractivity contribution in [3.05, 3.63) is 60.3 Å². The van der Waals surface area contributed by atoms with Gasteiger partial charge in [0, 0.05) is 17.1 Å². The predicted molar refractivity (Wildman–Crippen MR) is 98.4 cm³/mol. The molecule has 2 heterocycles. The first-order valence-electron chi connectivity index (χ1n) is 8.63. The summed E-state index contributed by atoms with van der Waals surface area (Å²) < 4.78 is 6.08. The molecule has 0 saturated carbocycles. The Labute approximate surface area is 142 Å². The molecule has 0 spiro atoms. The van der Waals surface area contributed by atoms with Crippen LogP contribution in [0.5, 0.6) is 5.75 Å². The number of piperidine rings is 1. The van der Waals surface area contributed by atoms with Gasteiger partial charge in [0.1, 0.15) is 11.9 Å². The maximum Gasteiger partial charge on any atom is 0.119 e. The van der Waals surface area contributed by atoms with Crippen LogP contribution in [-0.2, 0) is 0 Å². The molecule has 3 heteroatoms. The summed E-state index contributed by atoms with van der Waals surface area (Å²) >= 11 is 0. The van der Waals surface area contributed by atoms with Crippen molar-refractivity contribution in [3.63, 3.8) is 0 Å². The van der Waals surface area contributed by atoms with Gasteiger partial charge < -0.3 is 10.1 Å². The van der Waals surface area contributed by atoms with Crippen LogP contribution in [-0.4, -0.2) is 24.2 Å². The van der Waals surface area contributed by atoms with Gasteiger partial charge in [0.15, 0.2) is 0 Å². The average molecular weight is 318 g/mol. The summed E-state index contributed by atoms with van der Waals surface area (Å²) in [6.45, 7) is 4.19. The normalized spacial score (nSPS) is 15.5. The monoisotopic (exact) mass is 318 g/mol. The van der Waals surface area contributed by atoms with Gasteiger partial charge in [0.05, 0.1) is 5.52 Å². The van der Waals surface area contributed by atoms with Crippen molar-refractivity contribution in [2.75, 3.05) is 13.1 Å². The summed E-state index contributed by atoms with van der Waals surface area (Å²) in [6.07, 6.45) is 4.45. The number of pyridine rings is 1. The highest BCUT2D eigenvalue weighted by Crippen LogP contribution is 2.26. The number of rotatable bonds is 3. The molecule has 2 aromatic carbocycles. The number of nitrogens with zero attached hydrogens (tertiary/aromatic N) is 1. The van der Waals surface area contributed by atoms with Crippen molar-refractivity contribution in [1.29, 1.82) is 0 Å². The Bertz CT molecular complexity index is 836. The van der Waals surface area contributed by atoms with E-state index in [1.165, 1.54) is 16.5 Å². The first-order valence-corrected chi connectivity index (χ1v) is 8.63. The van der Waals surface area contributed by atoms with Crippen LogP contribution in [0.15, 0.2) is 54.7 Å². The Balaban J connectivity index is 1.56. The number of aryl methyl sites for hydroxylation is 1. The summed E-state index contributed by atoms with van der Waals surface area (Å²) in [5.41, 5.74) is 4.60. The molecule has 1 N–H and O–H groups in total. The lowest BCUT2D eigenvalue weighted by atomic mass is 10.0. The minimum Gasteiger partial charge on any atom is -0.490 e. The fourth-order valence-corrected chi connectivity index (χ4v) is 3.30. The van der Waals surface area contributed by atoms with Crippen LogP contribution in [0.3, 0.4) is 0 Å². The molecule has 0 atom stereocenters. The summed E-state index contributed by atoms with van der Waals surface area (Å²) in [5, 5.41) is 4.55. The van der Waals surface area contributed by atoms with Gasteiger partial charge in [-0.25, -0.2) is 0 Å². The SMILES string of the molecule is Cc1cccc2cc(-c3ccc(OC4CCNCC4)cc3)cnc12. The summed E-state index contributed by atoms with van der Waals surface area (Å²) in [6, 6.07) is 16.9. The van der Waals surface area contributed by atoms with Crippen LogP contribution < -0.4 is 10.1 Å². The highest BCUT2D eigenvalue weighted by atomic mass is 16.5. The molecule has 24 heavy (non-hydrogen) atoms. The van der Waals surface area contributed by atoms with Crippen LogP contribution >= 0.6 is 0 Å². The zero-order valence-electron chi connectivity index (χ0n) is 14.0. The van der Waals surface area contributed by atoms with Crippen LogP contribution in [0.2, 0.25) is 0 Å². The fourth-order valence-electron chi connectivity index (χ4n) is 3.30. The van der Waals surface area contributed by atoms with Crippen molar-refractivity contribution in [2.45, 2.75) is 25.9 Å². The van der Waals surface area contributed by atoms with Gasteiger partial charge >= 0.3 is 0 Å². The number of para-hydroxylation sites is 1. The molecule has 1 aliphatic heterocycles. The molecule has 0 unspecified atom stereocenters. The first-order chi connectivity index (χ1) is 11.8. The average Bonchev–Trinajstić information content (AvgIpc) is 2.63. The Morgan fingerprint density at radius 2 is 1.79 bits per heavy atom. The number of aromatic nitrogens is 1. The van der Waals surface area contributed by atoms with E-state index < -0.39 is 0 Å². The molecular formula is C21H22N2O. The molecule has 1 fully saturated rings. The van der Waals surface area contributed by atoms with E-state index in [1.807, 2.05) is 6.20 Å². The van der Waals surface area contributed by atoms with E-state index in [0.717, 1.165) is 42.8 Å². The van der Waals surface area contributed by atoms with Gasteiger partial charge in [-0.3, -0.25) is 4.98 Å². The second-order valence-electron chi connectivity index (χ2n) is 6.46. The molecule has 4 rings (SSSR count). The quantitative estimate of drug-likeness (QED) is 0.780. The molecule has 0 bridgehead atoms. The highest BCUT2D eigenvalue weighted by Gasteiger charge is 2.14. The van der Waals surface area contributed by atoms with E-state index in [0.29, 0.717) is 6.10 Å². The molecule has 122 valence electrons. The van der Waals surface area contributed by atoms with Crippen molar-refractivity contribution < 1.29 is 4.74 Å². The van der Waals surface area contributed by atoms with Crippen molar-refractivity contribution in [2.24, 2.45) is 0 Å². The molecule has 0 radical (unpaired) electrons. The van der Waals surface area contributed by atoms with Crippen LogP contribution in [0.4, 0.5) is 0 Å². The zero-order valence-corrected chi connectivity index (χ0v) is 14.0. The second kappa shape index (κ2) is 6.62. The van der Waals surface area contributed by atoms with Gasteiger partial charge in [0.2, 0.25) is 0 Å². The summed E-state index contributed by atoms with van der Waals surface area (Å²) in [4.78, 5) is 4.63. The van der Waals surface area contributed by atoms with E-state index in [1.54, 1.807) is 0 Å². The number of ether oxygens (including phenoxy) is 1. The van der Waals surface area contributed by atoms with Crippen molar-refractivity contribution in [1.82, 2.24) is 10.3 Å². The van der Waals surface area contributed by atoms with Gasteiger partial charge in [-0.15, -0.1) is 0 Å². The van der Waals surface area contributed by atoms with Crippen molar-refractivity contribution >= 4 is 10.9 Å². The lowest BCUT2D eigenvalue weighted by Crippen LogP contribution is -2.34. The topological polar surface area (TPSA) is 34.1 Å². The zero-order chi connectivity index (χ0) is 16.4.